The van der Waals surface area contributed by atoms with E-state index in [0.717, 1.165) is 129 Å². The van der Waals surface area contributed by atoms with E-state index in [2.05, 4.69) is 39.5 Å². The molecule has 4 heterocycles. The molecule has 3 unspecified atom stereocenters. The number of carboxylic acid groups (broad SMARTS) is 2. The van der Waals surface area contributed by atoms with Crippen LogP contribution < -0.4 is 22.9 Å². The van der Waals surface area contributed by atoms with Crippen molar-refractivity contribution in [3.05, 3.63) is 45.2 Å². The molecular weight excluding hydrogens is 944 g/mol. The number of carboxylic acids is 2. The molecule has 7 fully saturated rings. The van der Waals surface area contributed by atoms with Crippen LogP contribution in [0.4, 0.5) is 0 Å². The van der Waals surface area contributed by atoms with Gasteiger partial charge in [-0.2, -0.15) is 17.8 Å². The molecule has 18 heteroatoms. The topological polar surface area (TPSA) is 316 Å². The number of aliphatic hydroxyl groups is 4. The largest absolute Gasteiger partial charge is 1.00 e. The van der Waals surface area contributed by atoms with Crippen LogP contribution in [0.1, 0.15) is 161 Å². The molecule has 16 nitrogen and oxygen atoms in total. The van der Waals surface area contributed by atoms with E-state index in [-0.39, 0.29) is 82.0 Å². The number of nitrogens with two attached hydrogens (primary N) is 4. The molecule has 0 aromatic heterocycles. The Labute approximate surface area is 417 Å². The summed E-state index contributed by atoms with van der Waals surface area (Å²) in [5.74, 6) is -1.43. The van der Waals surface area contributed by atoms with Crippen LogP contribution in [0.5, 0.6) is 0 Å². The quantitative estimate of drug-likeness (QED) is 0.102. The van der Waals surface area contributed by atoms with Crippen molar-refractivity contribution in [1.29, 1.82) is 0 Å². The van der Waals surface area contributed by atoms with Crippen molar-refractivity contribution in [3.63, 3.8) is 0 Å². The van der Waals surface area contributed by atoms with E-state index in [0.29, 0.717) is 18.1 Å². The van der Waals surface area contributed by atoms with Gasteiger partial charge in [0, 0.05) is 36.0 Å². The first kappa shape index (κ1) is 62.8. The smallest absolute Gasteiger partial charge is 0.686 e. The van der Waals surface area contributed by atoms with Gasteiger partial charge in [0.2, 0.25) is 0 Å². The number of hydrogen-bond acceptors (Lipinski definition) is 10. The van der Waals surface area contributed by atoms with Crippen molar-refractivity contribution in [2.75, 3.05) is 26.2 Å². The minimum Gasteiger partial charge on any atom is -0.686 e. The minimum absolute atomic E-state index is 0. The Bertz CT molecular complexity index is 1220. The molecule has 3 saturated heterocycles. The van der Waals surface area contributed by atoms with Gasteiger partial charge in [0.1, 0.15) is 0 Å². The predicted molar refractivity (Wildman–Crippen MR) is 255 cm³/mol. The van der Waals surface area contributed by atoms with Gasteiger partial charge in [0.25, 0.3) is 0 Å². The van der Waals surface area contributed by atoms with Crippen LogP contribution in [0, 0.1) is 23.7 Å². The molecule has 66 heavy (non-hydrogen) atoms. The number of hydrogen-bond donors (Lipinski definition) is 10. The first-order chi connectivity index (χ1) is 30.7. The van der Waals surface area contributed by atoms with E-state index < -0.39 is 24.5 Å². The van der Waals surface area contributed by atoms with Crippen molar-refractivity contribution in [2.24, 2.45) is 46.6 Å². The molecule has 0 bridgehead atoms. The molecule has 4 aliphatic heterocycles. The van der Waals surface area contributed by atoms with Crippen LogP contribution in [-0.2, 0) is 43.7 Å². The van der Waals surface area contributed by atoms with Gasteiger partial charge in [0.15, 0.2) is 12.6 Å². The molecule has 8 aliphatic rings. The maximum absolute atomic E-state index is 10.4. The van der Waals surface area contributed by atoms with E-state index in [9.17, 15) is 9.59 Å². The molecule has 8 rings (SSSR count). The minimum atomic E-state index is -1.13. The van der Waals surface area contributed by atoms with Crippen molar-refractivity contribution < 1.29 is 74.4 Å². The second-order valence-electron chi connectivity index (χ2n) is 19.3. The summed E-state index contributed by atoms with van der Waals surface area (Å²) in [5.41, 5.74) is 23.7. The van der Waals surface area contributed by atoms with E-state index in [4.69, 9.17) is 53.6 Å². The zero-order chi connectivity index (χ0) is 46.7. The second kappa shape index (κ2) is 36.7. The first-order valence-electron chi connectivity index (χ1n) is 25.0. The Morgan fingerprint density at radius 1 is 0.485 bits per heavy atom. The molecule has 14 N–H and O–H groups in total. The number of piperidine rings is 3. The molecule has 0 radical (unpaired) electrons. The van der Waals surface area contributed by atoms with Gasteiger partial charge in [-0.05, 0) is 103 Å². The fraction of sp³-hybridized carbons (Fsp3) is 0.875. The maximum atomic E-state index is 10.4. The maximum Gasteiger partial charge on any atom is 1.00 e. The third-order valence-electron chi connectivity index (χ3n) is 14.1. The second-order valence-corrected chi connectivity index (χ2v) is 19.3. The van der Waals surface area contributed by atoms with Crippen LogP contribution >= 0.6 is 0 Å². The van der Waals surface area contributed by atoms with Gasteiger partial charge in [-0.1, -0.05) is 69.9 Å². The molecule has 0 spiro atoms. The summed E-state index contributed by atoms with van der Waals surface area (Å²) in [6.45, 7) is 4.06. The first-order valence-corrected chi connectivity index (χ1v) is 25.0. The third-order valence-corrected chi connectivity index (χ3v) is 14.1. The number of aliphatic hydroxyl groups excluding tert-OH is 2. The predicted octanol–water partition coefficient (Wildman–Crippen LogP) is 6.38. The van der Waals surface area contributed by atoms with Gasteiger partial charge < -0.3 is 74.8 Å². The van der Waals surface area contributed by atoms with E-state index >= 15 is 0 Å². The summed E-state index contributed by atoms with van der Waals surface area (Å²) in [5, 5.41) is 70.6. The summed E-state index contributed by atoms with van der Waals surface area (Å²) in [6.07, 6.45) is 29.4. The van der Waals surface area contributed by atoms with Crippen molar-refractivity contribution in [2.45, 2.75) is 215 Å². The SMILES string of the molecule is C1=CC[N-]C(C2CCCC[N-]2)=C1.C1CCC(C2CCCC[N-]2)[N-]C1.NC1CCC(C(=O)O)CC1.NC1CCC(C(=O)O)CC1.NC1CCC(C(O)O)CC1.NC1CCC(C(O)O)CC1.[Cu+].[Cu+]. The average Bonchev–Trinajstić information content (AvgIpc) is 3.32. The fourth-order valence-corrected chi connectivity index (χ4v) is 9.56. The molecule has 0 aromatic rings. The summed E-state index contributed by atoms with van der Waals surface area (Å²) < 4.78 is 0. The van der Waals surface area contributed by atoms with Gasteiger partial charge in [0.05, 0.1) is 11.8 Å². The standard InChI is InChI=1S/C10H18N2.C10H14N2.2C7H15NO2.2C7H13NO2.2Cu/c2*1-3-7-11-9(5-1)10-6-2-4-8-12-10;4*8-6-3-1-5(2-4-6)7(9)10;;/h9-10H,1-8H2;1,3,5,10H,2,4,6-8H2;2*5-7,9-10H,1-4,8H2;2*5-6H,1-4,8H2,(H,9,10);;/q2*-2;;;;;2*+1. The Morgan fingerprint density at radius 3 is 1.11 bits per heavy atom. The Balaban J connectivity index is 0.000000395. The van der Waals surface area contributed by atoms with Crippen molar-refractivity contribution in [1.82, 2.24) is 0 Å². The van der Waals surface area contributed by atoms with Gasteiger partial charge >= 0.3 is 46.1 Å². The molecular formula is C48H88Cu2N8O8-2. The van der Waals surface area contributed by atoms with Gasteiger partial charge in [-0.3, -0.25) is 9.59 Å². The molecule has 4 saturated carbocycles. The number of aliphatic carboxylic acids is 2. The summed E-state index contributed by atoms with van der Waals surface area (Å²) in [6, 6.07) is 2.66. The Morgan fingerprint density at radius 2 is 0.833 bits per heavy atom. The molecule has 4 aliphatic carbocycles. The fourth-order valence-electron chi connectivity index (χ4n) is 9.56. The van der Waals surface area contributed by atoms with Crippen molar-refractivity contribution >= 4 is 11.9 Å². The van der Waals surface area contributed by atoms with Crippen LogP contribution in [0.3, 0.4) is 0 Å². The Hall–Kier alpha value is -1.18. The van der Waals surface area contributed by atoms with E-state index in [1.807, 2.05) is 0 Å². The molecule has 0 aromatic carbocycles. The van der Waals surface area contributed by atoms with Crippen molar-refractivity contribution in [3.8, 4) is 0 Å². The van der Waals surface area contributed by atoms with Crippen LogP contribution in [-0.4, -0.2) is 124 Å². The van der Waals surface area contributed by atoms with Crippen LogP contribution in [0.25, 0.3) is 21.3 Å². The van der Waals surface area contributed by atoms with E-state index in [1.165, 1.54) is 63.5 Å². The molecule has 392 valence electrons. The average molecular weight is 1030 g/mol. The van der Waals surface area contributed by atoms with E-state index in [1.54, 1.807) is 0 Å². The zero-order valence-electron chi connectivity index (χ0n) is 39.4. The molecule has 3 atom stereocenters. The monoisotopic (exact) mass is 1030 g/mol. The normalized spacial score (nSPS) is 33.0. The summed E-state index contributed by atoms with van der Waals surface area (Å²) in [7, 11) is 0. The zero-order valence-corrected chi connectivity index (χ0v) is 41.3. The molecule has 0 amide bonds. The van der Waals surface area contributed by atoms with Gasteiger partial charge in [-0.15, -0.1) is 38.3 Å². The number of carbonyl (C=O) groups is 2. The van der Waals surface area contributed by atoms with Crippen LogP contribution in [0.2, 0.25) is 0 Å². The third kappa shape index (κ3) is 26.7. The summed E-state index contributed by atoms with van der Waals surface area (Å²) in [4.78, 5) is 20.8. The Kier molecular flexibility index (Phi) is 35.0. The van der Waals surface area contributed by atoms with Gasteiger partial charge in [-0.25, -0.2) is 0 Å². The number of rotatable bonds is 6. The summed E-state index contributed by atoms with van der Waals surface area (Å²) >= 11 is 0. The van der Waals surface area contributed by atoms with Crippen LogP contribution in [0.15, 0.2) is 23.9 Å². The number of allylic oxidation sites excluding steroid dienone is 2. The number of nitrogens with zero attached hydrogens (tertiary/aromatic N) is 4.